The molecule has 1 rings (SSSR count). The summed E-state index contributed by atoms with van der Waals surface area (Å²) in [5.41, 5.74) is 2.39. The third-order valence-corrected chi connectivity index (χ3v) is 3.65. The van der Waals surface area contributed by atoms with Gasteiger partial charge >= 0.3 is 5.97 Å². The molecule has 0 saturated heterocycles. The van der Waals surface area contributed by atoms with Crippen LogP contribution in [-0.4, -0.2) is 23.0 Å². The molecule has 6 heteroatoms. The second-order valence-electron chi connectivity index (χ2n) is 6.06. The Bertz CT molecular complexity index is 687. The molecular formula is C18H23N3O3. The summed E-state index contributed by atoms with van der Waals surface area (Å²) in [6, 6.07) is 6.45. The fourth-order valence-electron chi connectivity index (χ4n) is 2.12. The molecule has 1 atom stereocenters. The van der Waals surface area contributed by atoms with Crippen LogP contribution >= 0.6 is 0 Å². The Balaban J connectivity index is 2.88. The number of rotatable bonds is 7. The molecular weight excluding hydrogens is 306 g/mol. The minimum atomic E-state index is -1.02. The Morgan fingerprint density at radius 2 is 2.00 bits per heavy atom. The van der Waals surface area contributed by atoms with Crippen molar-refractivity contribution in [3.05, 3.63) is 41.1 Å². The zero-order valence-corrected chi connectivity index (χ0v) is 14.4. The standard InChI is InChI=1S/C18H23N3O3/c1-11(2)8-16(18(23)24)20-10-14(9-19)17(22)21-15-7-5-6-12(3)13(15)4/h5-7,10-11,16,20H,8H2,1-4H3,(H,21,22)(H,23,24)/b14-10-. The number of carbonyl (C=O) groups is 2. The van der Waals surface area contributed by atoms with Crippen molar-refractivity contribution in [3.8, 4) is 6.07 Å². The molecule has 24 heavy (non-hydrogen) atoms. The molecule has 0 saturated carbocycles. The van der Waals surface area contributed by atoms with Gasteiger partial charge in [0.15, 0.2) is 0 Å². The Labute approximate surface area is 142 Å². The third kappa shape index (κ3) is 5.43. The molecule has 3 N–H and O–H groups in total. The van der Waals surface area contributed by atoms with E-state index in [4.69, 9.17) is 5.26 Å². The summed E-state index contributed by atoms with van der Waals surface area (Å²) in [4.78, 5) is 23.4. The van der Waals surface area contributed by atoms with Crippen molar-refractivity contribution < 1.29 is 14.7 Å². The lowest BCUT2D eigenvalue weighted by Gasteiger charge is -2.15. The average Bonchev–Trinajstić information content (AvgIpc) is 2.50. The highest BCUT2D eigenvalue weighted by Crippen LogP contribution is 2.18. The first-order valence-electron chi connectivity index (χ1n) is 7.73. The van der Waals surface area contributed by atoms with E-state index in [1.165, 1.54) is 6.20 Å². The fourth-order valence-corrected chi connectivity index (χ4v) is 2.12. The molecule has 0 radical (unpaired) electrons. The molecule has 1 aromatic rings. The normalized spacial score (nSPS) is 12.4. The lowest BCUT2D eigenvalue weighted by atomic mass is 10.0. The van der Waals surface area contributed by atoms with Gasteiger partial charge in [0.25, 0.3) is 5.91 Å². The quantitative estimate of drug-likeness (QED) is 0.527. The summed E-state index contributed by atoms with van der Waals surface area (Å²) < 4.78 is 0. The summed E-state index contributed by atoms with van der Waals surface area (Å²) in [5, 5.41) is 23.7. The monoisotopic (exact) mass is 329 g/mol. The topological polar surface area (TPSA) is 102 Å². The maximum Gasteiger partial charge on any atom is 0.326 e. The molecule has 1 unspecified atom stereocenters. The van der Waals surface area contributed by atoms with Crippen molar-refractivity contribution in [1.82, 2.24) is 5.32 Å². The SMILES string of the molecule is Cc1cccc(NC(=O)/C(C#N)=C\NC(CC(C)C)C(=O)O)c1C. The molecule has 0 aromatic heterocycles. The van der Waals surface area contributed by atoms with Crippen LogP contribution in [0.2, 0.25) is 0 Å². The second kappa shape index (κ2) is 8.73. The van der Waals surface area contributed by atoms with Gasteiger partial charge in [0.2, 0.25) is 0 Å². The van der Waals surface area contributed by atoms with Crippen LogP contribution in [0.1, 0.15) is 31.4 Å². The number of nitrogens with zero attached hydrogens (tertiary/aromatic N) is 1. The van der Waals surface area contributed by atoms with Crippen molar-refractivity contribution in [2.75, 3.05) is 5.32 Å². The van der Waals surface area contributed by atoms with Crippen LogP contribution in [0.3, 0.4) is 0 Å². The van der Waals surface area contributed by atoms with Crippen LogP contribution in [0, 0.1) is 31.1 Å². The molecule has 0 spiro atoms. The summed E-state index contributed by atoms with van der Waals surface area (Å²) in [7, 11) is 0. The lowest BCUT2D eigenvalue weighted by molar-refractivity contribution is -0.139. The van der Waals surface area contributed by atoms with Crippen LogP contribution in [-0.2, 0) is 9.59 Å². The summed E-state index contributed by atoms with van der Waals surface area (Å²) in [6.07, 6.45) is 1.56. The molecule has 0 heterocycles. The Hall–Kier alpha value is -2.81. The largest absolute Gasteiger partial charge is 0.480 e. The molecule has 1 amide bonds. The van der Waals surface area contributed by atoms with Crippen LogP contribution < -0.4 is 10.6 Å². The average molecular weight is 329 g/mol. The van der Waals surface area contributed by atoms with Gasteiger partial charge in [0, 0.05) is 11.9 Å². The third-order valence-electron chi connectivity index (χ3n) is 3.65. The van der Waals surface area contributed by atoms with Gasteiger partial charge in [0.05, 0.1) is 0 Å². The zero-order valence-electron chi connectivity index (χ0n) is 14.4. The van der Waals surface area contributed by atoms with Crippen LogP contribution in [0.25, 0.3) is 0 Å². The number of carboxylic acids is 1. The van der Waals surface area contributed by atoms with Crippen molar-refractivity contribution >= 4 is 17.6 Å². The maximum absolute atomic E-state index is 12.2. The fraction of sp³-hybridized carbons (Fsp3) is 0.389. The second-order valence-corrected chi connectivity index (χ2v) is 6.06. The molecule has 128 valence electrons. The van der Waals surface area contributed by atoms with E-state index < -0.39 is 17.9 Å². The van der Waals surface area contributed by atoms with Gasteiger partial charge in [-0.1, -0.05) is 26.0 Å². The van der Waals surface area contributed by atoms with Gasteiger partial charge in [-0.05, 0) is 43.4 Å². The zero-order chi connectivity index (χ0) is 18.3. The molecule has 0 bridgehead atoms. The number of hydrogen-bond acceptors (Lipinski definition) is 4. The number of anilines is 1. The van der Waals surface area contributed by atoms with E-state index in [2.05, 4.69) is 10.6 Å². The molecule has 0 aliphatic rings. The number of nitriles is 1. The molecule has 0 aliphatic carbocycles. The first-order chi connectivity index (χ1) is 11.3. The van der Waals surface area contributed by atoms with Gasteiger partial charge in [0.1, 0.15) is 17.7 Å². The predicted octanol–water partition coefficient (Wildman–Crippen LogP) is 2.74. The molecule has 0 fully saturated rings. The number of hydrogen-bond donors (Lipinski definition) is 3. The number of aryl methyl sites for hydroxylation is 1. The van der Waals surface area contributed by atoms with E-state index >= 15 is 0 Å². The Morgan fingerprint density at radius 3 is 2.54 bits per heavy atom. The van der Waals surface area contributed by atoms with Crippen molar-refractivity contribution in [3.63, 3.8) is 0 Å². The Morgan fingerprint density at radius 1 is 1.33 bits per heavy atom. The maximum atomic E-state index is 12.2. The first kappa shape index (κ1) is 19.2. The minimum Gasteiger partial charge on any atom is -0.480 e. The van der Waals surface area contributed by atoms with E-state index in [9.17, 15) is 14.7 Å². The highest BCUT2D eigenvalue weighted by atomic mass is 16.4. The number of carbonyl (C=O) groups excluding carboxylic acids is 1. The van der Waals surface area contributed by atoms with Crippen molar-refractivity contribution in [2.45, 2.75) is 40.2 Å². The highest BCUT2D eigenvalue weighted by molar-refractivity contribution is 6.06. The van der Waals surface area contributed by atoms with E-state index in [1.807, 2.05) is 39.8 Å². The van der Waals surface area contributed by atoms with E-state index in [0.717, 1.165) is 11.1 Å². The van der Waals surface area contributed by atoms with Gasteiger partial charge in [-0.2, -0.15) is 5.26 Å². The first-order valence-corrected chi connectivity index (χ1v) is 7.73. The molecule has 1 aromatic carbocycles. The highest BCUT2D eigenvalue weighted by Gasteiger charge is 2.18. The number of amides is 1. The predicted molar refractivity (Wildman–Crippen MR) is 92.3 cm³/mol. The van der Waals surface area contributed by atoms with E-state index in [0.29, 0.717) is 12.1 Å². The van der Waals surface area contributed by atoms with Gasteiger partial charge in [-0.15, -0.1) is 0 Å². The van der Waals surface area contributed by atoms with Crippen molar-refractivity contribution in [1.29, 1.82) is 5.26 Å². The van der Waals surface area contributed by atoms with Crippen LogP contribution in [0.15, 0.2) is 30.0 Å². The molecule has 6 nitrogen and oxygen atoms in total. The number of benzene rings is 1. The summed E-state index contributed by atoms with van der Waals surface area (Å²) in [5.74, 6) is -1.43. The minimum absolute atomic E-state index is 0.168. The smallest absolute Gasteiger partial charge is 0.326 e. The molecule has 0 aliphatic heterocycles. The number of nitrogens with one attached hydrogen (secondary N) is 2. The van der Waals surface area contributed by atoms with Gasteiger partial charge in [-0.25, -0.2) is 4.79 Å². The van der Waals surface area contributed by atoms with Crippen LogP contribution in [0.4, 0.5) is 5.69 Å². The number of aliphatic carboxylic acids is 1. The van der Waals surface area contributed by atoms with Gasteiger partial charge in [-0.3, -0.25) is 4.79 Å². The summed E-state index contributed by atoms with van der Waals surface area (Å²) >= 11 is 0. The van der Waals surface area contributed by atoms with Crippen LogP contribution in [0.5, 0.6) is 0 Å². The number of carboxylic acid groups (broad SMARTS) is 1. The van der Waals surface area contributed by atoms with E-state index in [-0.39, 0.29) is 11.5 Å². The van der Waals surface area contributed by atoms with E-state index in [1.54, 1.807) is 12.1 Å². The Kier molecular flexibility index (Phi) is 6.99. The van der Waals surface area contributed by atoms with Gasteiger partial charge < -0.3 is 15.7 Å². The van der Waals surface area contributed by atoms with Crippen molar-refractivity contribution in [2.24, 2.45) is 5.92 Å². The summed E-state index contributed by atoms with van der Waals surface area (Å²) in [6.45, 7) is 7.61. The lowest BCUT2D eigenvalue weighted by Crippen LogP contribution is -2.35.